The number of benzene rings is 1. The quantitative estimate of drug-likeness (QED) is 0.835. The second-order valence-electron chi connectivity index (χ2n) is 5.89. The standard InChI is InChI=1S/C15H22BrClN2/c1-10-5-6-15(9-18,11(2)7-10)19-12-3-4-14(17)13(16)8-12/h3-4,8,10-11,19H,5-7,9,18H2,1-2H3. The van der Waals surface area contributed by atoms with Gasteiger partial charge in [-0.3, -0.25) is 0 Å². The van der Waals surface area contributed by atoms with Crippen molar-refractivity contribution in [3.05, 3.63) is 27.7 Å². The molecular formula is C15H22BrClN2. The van der Waals surface area contributed by atoms with E-state index in [1.165, 1.54) is 12.8 Å². The fourth-order valence-corrected chi connectivity index (χ4v) is 3.60. The van der Waals surface area contributed by atoms with Crippen LogP contribution in [0.15, 0.2) is 22.7 Å². The summed E-state index contributed by atoms with van der Waals surface area (Å²) in [6.07, 6.45) is 3.61. The van der Waals surface area contributed by atoms with Gasteiger partial charge in [0, 0.05) is 16.7 Å². The van der Waals surface area contributed by atoms with Crippen LogP contribution in [-0.2, 0) is 0 Å². The summed E-state index contributed by atoms with van der Waals surface area (Å²) in [5.74, 6) is 1.38. The van der Waals surface area contributed by atoms with Crippen molar-refractivity contribution in [2.45, 2.75) is 38.6 Å². The summed E-state index contributed by atoms with van der Waals surface area (Å²) in [6.45, 7) is 5.30. The van der Waals surface area contributed by atoms with Gasteiger partial charge >= 0.3 is 0 Å². The summed E-state index contributed by atoms with van der Waals surface area (Å²) >= 11 is 9.51. The van der Waals surface area contributed by atoms with Gasteiger partial charge in [-0.25, -0.2) is 0 Å². The summed E-state index contributed by atoms with van der Waals surface area (Å²) in [7, 11) is 0. The minimum absolute atomic E-state index is 0.0137. The van der Waals surface area contributed by atoms with E-state index >= 15 is 0 Å². The lowest BCUT2D eigenvalue weighted by molar-refractivity contribution is 0.189. The SMILES string of the molecule is CC1CCC(CN)(Nc2ccc(Cl)c(Br)c2)C(C)C1. The first kappa shape index (κ1) is 15.1. The molecule has 0 heterocycles. The normalized spacial score (nSPS) is 31.2. The fraction of sp³-hybridized carbons (Fsp3) is 0.600. The third kappa shape index (κ3) is 3.26. The van der Waals surface area contributed by atoms with Crippen molar-refractivity contribution in [1.82, 2.24) is 0 Å². The molecule has 3 unspecified atom stereocenters. The molecule has 2 nitrogen and oxygen atoms in total. The van der Waals surface area contributed by atoms with E-state index in [1.54, 1.807) is 0 Å². The Morgan fingerprint density at radius 1 is 1.47 bits per heavy atom. The molecule has 1 aliphatic carbocycles. The lowest BCUT2D eigenvalue weighted by Gasteiger charge is -2.45. The molecule has 1 saturated carbocycles. The Hall–Kier alpha value is -0.250. The van der Waals surface area contributed by atoms with E-state index in [2.05, 4.69) is 35.1 Å². The zero-order chi connectivity index (χ0) is 14.0. The molecule has 3 N–H and O–H groups in total. The predicted molar refractivity (Wildman–Crippen MR) is 86.7 cm³/mol. The number of rotatable bonds is 3. The van der Waals surface area contributed by atoms with Crippen molar-refractivity contribution in [3.63, 3.8) is 0 Å². The zero-order valence-corrected chi connectivity index (χ0v) is 13.9. The summed E-state index contributed by atoms with van der Waals surface area (Å²) in [5, 5.41) is 4.40. The first-order valence-corrected chi connectivity index (χ1v) is 8.07. The molecule has 19 heavy (non-hydrogen) atoms. The molecule has 0 aromatic heterocycles. The Balaban J connectivity index is 2.20. The first-order valence-electron chi connectivity index (χ1n) is 6.90. The van der Waals surface area contributed by atoms with Gasteiger partial charge in [0.2, 0.25) is 0 Å². The zero-order valence-electron chi connectivity index (χ0n) is 11.5. The van der Waals surface area contributed by atoms with Crippen molar-refractivity contribution < 1.29 is 0 Å². The van der Waals surface area contributed by atoms with Crippen LogP contribution < -0.4 is 11.1 Å². The van der Waals surface area contributed by atoms with Crippen molar-refractivity contribution in [2.75, 3.05) is 11.9 Å². The first-order chi connectivity index (χ1) is 8.97. The summed E-state index contributed by atoms with van der Waals surface area (Å²) in [5.41, 5.74) is 7.19. The maximum Gasteiger partial charge on any atom is 0.0549 e. The number of anilines is 1. The molecule has 0 radical (unpaired) electrons. The predicted octanol–water partition coefficient (Wildman–Crippen LogP) is 4.67. The molecule has 0 aliphatic heterocycles. The van der Waals surface area contributed by atoms with Crippen LogP contribution in [0.25, 0.3) is 0 Å². The maximum atomic E-state index is 6.09. The van der Waals surface area contributed by atoms with Crippen molar-refractivity contribution in [2.24, 2.45) is 17.6 Å². The van der Waals surface area contributed by atoms with Gasteiger partial charge < -0.3 is 11.1 Å². The van der Waals surface area contributed by atoms with Crippen LogP contribution in [0, 0.1) is 11.8 Å². The summed E-state index contributed by atoms with van der Waals surface area (Å²) < 4.78 is 0.920. The Bertz CT molecular complexity index is 452. The highest BCUT2D eigenvalue weighted by molar-refractivity contribution is 9.10. The Morgan fingerprint density at radius 3 is 2.79 bits per heavy atom. The third-order valence-electron chi connectivity index (χ3n) is 4.46. The van der Waals surface area contributed by atoms with Crippen LogP contribution in [-0.4, -0.2) is 12.1 Å². The number of halogens is 2. The smallest absolute Gasteiger partial charge is 0.0549 e. The highest BCUT2D eigenvalue weighted by atomic mass is 79.9. The summed E-state index contributed by atoms with van der Waals surface area (Å²) in [4.78, 5) is 0. The van der Waals surface area contributed by atoms with Crippen molar-refractivity contribution >= 4 is 33.2 Å². The van der Waals surface area contributed by atoms with Crippen molar-refractivity contribution in [1.29, 1.82) is 0 Å². The van der Waals surface area contributed by atoms with Gasteiger partial charge in [0.1, 0.15) is 0 Å². The van der Waals surface area contributed by atoms with Gasteiger partial charge in [-0.05, 0) is 65.2 Å². The molecular weight excluding hydrogens is 324 g/mol. The molecule has 2 rings (SSSR count). The highest BCUT2D eigenvalue weighted by Crippen LogP contribution is 2.39. The van der Waals surface area contributed by atoms with Crippen LogP contribution in [0.2, 0.25) is 5.02 Å². The lowest BCUT2D eigenvalue weighted by Crippen LogP contribution is -2.53. The van der Waals surface area contributed by atoms with Gasteiger partial charge in [0.25, 0.3) is 0 Å². The number of hydrogen-bond acceptors (Lipinski definition) is 2. The van der Waals surface area contributed by atoms with Gasteiger partial charge in [-0.1, -0.05) is 25.4 Å². The third-order valence-corrected chi connectivity index (χ3v) is 5.67. The minimum Gasteiger partial charge on any atom is -0.378 e. The molecule has 4 heteroatoms. The average molecular weight is 346 g/mol. The largest absolute Gasteiger partial charge is 0.378 e. The van der Waals surface area contributed by atoms with Crippen LogP contribution in [0.5, 0.6) is 0 Å². The molecule has 0 amide bonds. The van der Waals surface area contributed by atoms with E-state index in [0.29, 0.717) is 12.5 Å². The van der Waals surface area contributed by atoms with Crippen LogP contribution in [0.3, 0.4) is 0 Å². The van der Waals surface area contributed by atoms with E-state index in [0.717, 1.165) is 27.5 Å². The summed E-state index contributed by atoms with van der Waals surface area (Å²) in [6, 6.07) is 5.97. The van der Waals surface area contributed by atoms with Crippen LogP contribution in [0.1, 0.15) is 33.1 Å². The highest BCUT2D eigenvalue weighted by Gasteiger charge is 2.39. The molecule has 1 aromatic carbocycles. The average Bonchev–Trinajstić information content (AvgIpc) is 2.37. The number of nitrogens with one attached hydrogen (secondary N) is 1. The number of hydrogen-bond donors (Lipinski definition) is 2. The van der Waals surface area contributed by atoms with E-state index in [9.17, 15) is 0 Å². The van der Waals surface area contributed by atoms with E-state index < -0.39 is 0 Å². The van der Waals surface area contributed by atoms with Gasteiger partial charge in [-0.2, -0.15) is 0 Å². The van der Waals surface area contributed by atoms with E-state index in [-0.39, 0.29) is 5.54 Å². The van der Waals surface area contributed by atoms with E-state index in [1.807, 2.05) is 18.2 Å². The molecule has 0 bridgehead atoms. The number of nitrogens with two attached hydrogens (primary N) is 1. The molecule has 3 atom stereocenters. The second kappa shape index (κ2) is 6.02. The Labute approximate surface area is 129 Å². The second-order valence-corrected chi connectivity index (χ2v) is 7.16. The minimum atomic E-state index is 0.0137. The molecule has 0 spiro atoms. The molecule has 0 saturated heterocycles. The molecule has 1 aliphatic rings. The van der Waals surface area contributed by atoms with Gasteiger partial charge in [0.15, 0.2) is 0 Å². The fourth-order valence-electron chi connectivity index (χ4n) is 3.10. The lowest BCUT2D eigenvalue weighted by atomic mass is 9.70. The van der Waals surface area contributed by atoms with Crippen molar-refractivity contribution in [3.8, 4) is 0 Å². The van der Waals surface area contributed by atoms with Crippen LogP contribution >= 0.6 is 27.5 Å². The monoisotopic (exact) mass is 344 g/mol. The van der Waals surface area contributed by atoms with Gasteiger partial charge in [-0.15, -0.1) is 0 Å². The Kier molecular flexibility index (Phi) is 4.80. The topological polar surface area (TPSA) is 38.0 Å². The Morgan fingerprint density at radius 2 is 2.21 bits per heavy atom. The van der Waals surface area contributed by atoms with Gasteiger partial charge in [0.05, 0.1) is 10.6 Å². The van der Waals surface area contributed by atoms with Crippen LogP contribution in [0.4, 0.5) is 5.69 Å². The molecule has 106 valence electrons. The molecule has 1 aromatic rings. The maximum absolute atomic E-state index is 6.09. The molecule has 1 fully saturated rings. The van der Waals surface area contributed by atoms with E-state index in [4.69, 9.17) is 17.3 Å².